The summed E-state index contributed by atoms with van der Waals surface area (Å²) in [5, 5.41) is 7.02. The predicted octanol–water partition coefficient (Wildman–Crippen LogP) is 3.20. The van der Waals surface area contributed by atoms with Gasteiger partial charge in [-0.15, -0.1) is 0 Å². The number of aryl methyl sites for hydroxylation is 1. The lowest BCUT2D eigenvalue weighted by atomic mass is 10.2. The summed E-state index contributed by atoms with van der Waals surface area (Å²) >= 11 is 2.01. The van der Waals surface area contributed by atoms with Crippen LogP contribution in [0.15, 0.2) is 24.3 Å². The quantitative estimate of drug-likeness (QED) is 0.846. The Morgan fingerprint density at radius 3 is 2.75 bits per heavy atom. The number of hydrogen-bond acceptors (Lipinski definition) is 3. The highest BCUT2D eigenvalue weighted by Gasteiger charge is 2.26. The summed E-state index contributed by atoms with van der Waals surface area (Å²) in [5.41, 5.74) is 2.07. The van der Waals surface area contributed by atoms with Crippen molar-refractivity contribution in [2.45, 2.75) is 44.4 Å². The van der Waals surface area contributed by atoms with Crippen molar-refractivity contribution in [3.8, 4) is 0 Å². The molecule has 0 radical (unpaired) electrons. The maximum Gasteiger partial charge on any atom is 0.238 e. The van der Waals surface area contributed by atoms with E-state index in [2.05, 4.69) is 17.6 Å². The summed E-state index contributed by atoms with van der Waals surface area (Å²) in [4.78, 5) is 11.9. The fourth-order valence-electron chi connectivity index (χ4n) is 2.64. The van der Waals surface area contributed by atoms with Crippen molar-refractivity contribution >= 4 is 23.4 Å². The van der Waals surface area contributed by atoms with E-state index < -0.39 is 0 Å². The summed E-state index contributed by atoms with van der Waals surface area (Å²) in [6.07, 6.45) is 3.74. The number of rotatable bonds is 6. The molecule has 0 bridgehead atoms. The summed E-state index contributed by atoms with van der Waals surface area (Å²) in [7, 11) is 0. The average Bonchev–Trinajstić information content (AvgIpc) is 2.87. The number of carbonyl (C=O) groups excluding carboxylic acids is 1. The van der Waals surface area contributed by atoms with Crippen LogP contribution < -0.4 is 10.6 Å². The topological polar surface area (TPSA) is 41.1 Å². The molecule has 2 N–H and O–H groups in total. The van der Waals surface area contributed by atoms with E-state index in [1.165, 1.54) is 24.8 Å². The van der Waals surface area contributed by atoms with Gasteiger partial charge in [0.2, 0.25) is 5.91 Å². The lowest BCUT2D eigenvalue weighted by Crippen LogP contribution is -2.39. The Morgan fingerprint density at radius 2 is 2.05 bits per heavy atom. The van der Waals surface area contributed by atoms with Gasteiger partial charge in [-0.05, 0) is 37.7 Å². The number of amides is 1. The zero-order valence-corrected chi connectivity index (χ0v) is 13.1. The normalized spacial score (nSPS) is 21.9. The Bertz CT molecular complexity index is 433. The van der Waals surface area contributed by atoms with Gasteiger partial charge in [0, 0.05) is 17.0 Å². The van der Waals surface area contributed by atoms with Gasteiger partial charge in [-0.1, -0.05) is 31.0 Å². The molecule has 1 aromatic rings. The van der Waals surface area contributed by atoms with E-state index in [0.29, 0.717) is 17.8 Å². The van der Waals surface area contributed by atoms with Crippen molar-refractivity contribution in [3.63, 3.8) is 0 Å². The highest BCUT2D eigenvalue weighted by Crippen LogP contribution is 2.29. The van der Waals surface area contributed by atoms with Crippen molar-refractivity contribution in [3.05, 3.63) is 29.8 Å². The van der Waals surface area contributed by atoms with E-state index in [1.807, 2.05) is 43.0 Å². The molecule has 110 valence electrons. The number of anilines is 1. The summed E-state index contributed by atoms with van der Waals surface area (Å²) in [5.74, 6) is 1.19. The van der Waals surface area contributed by atoms with Crippen LogP contribution in [-0.4, -0.2) is 29.5 Å². The molecule has 4 heteroatoms. The molecule has 0 aliphatic heterocycles. The molecule has 0 aromatic heterocycles. The van der Waals surface area contributed by atoms with Gasteiger partial charge in [-0.25, -0.2) is 0 Å². The van der Waals surface area contributed by atoms with Gasteiger partial charge in [0.15, 0.2) is 0 Å². The summed E-state index contributed by atoms with van der Waals surface area (Å²) < 4.78 is 0. The van der Waals surface area contributed by atoms with Crippen LogP contribution in [0.4, 0.5) is 5.69 Å². The van der Waals surface area contributed by atoms with Crippen LogP contribution in [0, 0.1) is 6.92 Å². The molecule has 1 aliphatic carbocycles. The number of nitrogens with one attached hydrogen (secondary N) is 2. The zero-order chi connectivity index (χ0) is 14.4. The molecule has 20 heavy (non-hydrogen) atoms. The van der Waals surface area contributed by atoms with Crippen LogP contribution in [-0.2, 0) is 4.79 Å². The molecule has 1 aliphatic rings. The molecule has 0 saturated heterocycles. The molecule has 0 spiro atoms. The number of thioether (sulfide) groups is 1. The molecule has 1 aromatic carbocycles. The minimum absolute atomic E-state index is 0.0426. The number of benzene rings is 1. The second kappa shape index (κ2) is 7.70. The van der Waals surface area contributed by atoms with Gasteiger partial charge in [0.1, 0.15) is 0 Å². The van der Waals surface area contributed by atoms with Crippen LogP contribution >= 0.6 is 11.8 Å². The summed E-state index contributed by atoms with van der Waals surface area (Å²) in [6, 6.07) is 8.39. The molecule has 3 nitrogen and oxygen atoms in total. The molecule has 2 atom stereocenters. The van der Waals surface area contributed by atoms with E-state index >= 15 is 0 Å². The monoisotopic (exact) mass is 292 g/mol. The van der Waals surface area contributed by atoms with Gasteiger partial charge in [0.05, 0.1) is 6.54 Å². The van der Waals surface area contributed by atoms with Gasteiger partial charge < -0.3 is 10.6 Å². The van der Waals surface area contributed by atoms with Crippen molar-refractivity contribution in [1.82, 2.24) is 5.32 Å². The third kappa shape index (κ3) is 4.53. The molecule has 1 saturated carbocycles. The molecule has 0 heterocycles. The molecule has 1 amide bonds. The van der Waals surface area contributed by atoms with Crippen molar-refractivity contribution in [2.75, 3.05) is 17.6 Å². The molecular formula is C16H24N2OS. The minimum Gasteiger partial charge on any atom is -0.325 e. The van der Waals surface area contributed by atoms with Gasteiger partial charge in [-0.2, -0.15) is 11.8 Å². The van der Waals surface area contributed by atoms with Gasteiger partial charge in [0.25, 0.3) is 0 Å². The largest absolute Gasteiger partial charge is 0.325 e. The Labute approximate surface area is 125 Å². The fraction of sp³-hybridized carbons (Fsp3) is 0.562. The van der Waals surface area contributed by atoms with Crippen molar-refractivity contribution < 1.29 is 4.79 Å². The first-order chi connectivity index (χ1) is 9.69. The van der Waals surface area contributed by atoms with Crippen LogP contribution in [0.25, 0.3) is 0 Å². The maximum atomic E-state index is 11.9. The molecule has 2 unspecified atom stereocenters. The first-order valence-electron chi connectivity index (χ1n) is 7.40. The highest BCUT2D eigenvalue weighted by molar-refractivity contribution is 7.99. The number of hydrogen-bond donors (Lipinski definition) is 2. The minimum atomic E-state index is 0.0426. The van der Waals surface area contributed by atoms with Gasteiger partial charge >= 0.3 is 0 Å². The van der Waals surface area contributed by atoms with E-state index in [4.69, 9.17) is 0 Å². The van der Waals surface area contributed by atoms with Crippen LogP contribution in [0.2, 0.25) is 0 Å². The Kier molecular flexibility index (Phi) is 5.92. The standard InChI is InChI=1S/C16H24N2OS/c1-3-20-15-6-4-5-14(15)17-11-16(19)18-13-9-7-12(2)8-10-13/h7-10,14-15,17H,3-6,11H2,1-2H3,(H,18,19). The SMILES string of the molecule is CCSC1CCCC1NCC(=O)Nc1ccc(C)cc1. The molecule has 2 rings (SSSR count). The Balaban J connectivity index is 1.76. The van der Waals surface area contributed by atoms with Crippen LogP contribution in [0.3, 0.4) is 0 Å². The van der Waals surface area contributed by atoms with E-state index in [0.717, 1.165) is 11.4 Å². The highest BCUT2D eigenvalue weighted by atomic mass is 32.2. The lowest BCUT2D eigenvalue weighted by Gasteiger charge is -2.19. The average molecular weight is 292 g/mol. The van der Waals surface area contributed by atoms with Crippen LogP contribution in [0.5, 0.6) is 0 Å². The molecular weight excluding hydrogens is 268 g/mol. The lowest BCUT2D eigenvalue weighted by molar-refractivity contribution is -0.115. The fourth-order valence-corrected chi connectivity index (χ4v) is 3.87. The second-order valence-corrected chi connectivity index (χ2v) is 6.84. The zero-order valence-electron chi connectivity index (χ0n) is 12.3. The Morgan fingerprint density at radius 1 is 1.30 bits per heavy atom. The van der Waals surface area contributed by atoms with Gasteiger partial charge in [-0.3, -0.25) is 4.79 Å². The first-order valence-corrected chi connectivity index (χ1v) is 8.45. The van der Waals surface area contributed by atoms with E-state index in [-0.39, 0.29) is 5.91 Å². The number of carbonyl (C=O) groups is 1. The van der Waals surface area contributed by atoms with E-state index in [1.54, 1.807) is 0 Å². The smallest absolute Gasteiger partial charge is 0.238 e. The Hall–Kier alpha value is -1.00. The summed E-state index contributed by atoms with van der Waals surface area (Å²) in [6.45, 7) is 4.64. The third-order valence-electron chi connectivity index (χ3n) is 3.69. The molecule has 1 fully saturated rings. The first kappa shape index (κ1) is 15.4. The van der Waals surface area contributed by atoms with Crippen molar-refractivity contribution in [2.24, 2.45) is 0 Å². The van der Waals surface area contributed by atoms with Crippen molar-refractivity contribution in [1.29, 1.82) is 0 Å². The third-order valence-corrected chi connectivity index (χ3v) is 5.02. The van der Waals surface area contributed by atoms with E-state index in [9.17, 15) is 4.79 Å². The van der Waals surface area contributed by atoms with Crippen LogP contribution in [0.1, 0.15) is 31.7 Å². The predicted molar refractivity (Wildman–Crippen MR) is 87.4 cm³/mol. The second-order valence-electron chi connectivity index (χ2n) is 5.33. The maximum absolute atomic E-state index is 11.9.